The molecule has 11 heteroatoms. The van der Waals surface area contributed by atoms with Crippen LogP contribution in [-0.2, 0) is 39.2 Å². The van der Waals surface area contributed by atoms with E-state index < -0.39 is 18.3 Å². The van der Waals surface area contributed by atoms with E-state index in [1.54, 1.807) is 24.9 Å². The van der Waals surface area contributed by atoms with Crippen LogP contribution in [0, 0.1) is 0 Å². The van der Waals surface area contributed by atoms with E-state index in [1.165, 1.54) is 0 Å². The summed E-state index contributed by atoms with van der Waals surface area (Å²) in [4.78, 5) is 28.2. The number of carbonyl (C=O) groups is 2. The minimum atomic E-state index is -0.567. The molecular weight excluding hydrogens is 592 g/mol. The van der Waals surface area contributed by atoms with Crippen molar-refractivity contribution in [2.45, 2.75) is 50.2 Å². The molecule has 2 amide bonds. The quantitative estimate of drug-likeness (QED) is 0.143. The molecule has 0 radical (unpaired) electrons. The lowest BCUT2D eigenvalue weighted by molar-refractivity contribution is -0.245. The molecular formula is C34H38N4O6S. The van der Waals surface area contributed by atoms with Gasteiger partial charge in [0.2, 0.25) is 0 Å². The smallest absolute Gasteiger partial charge is 0.325 e. The van der Waals surface area contributed by atoms with Crippen molar-refractivity contribution in [2.24, 2.45) is 7.05 Å². The number of aromatic nitrogens is 2. The third-order valence-electron chi connectivity index (χ3n) is 7.44. The largest absolute Gasteiger partial charge is 0.465 e. The standard InChI is InChI=1S/C34H38N4O6S/c1-3-42-31(40)20-37-33(41)36-19-27-6-4-5-7-29(27)24-12-14-26(15-13-24)32-43-28(22-45-34-35-16-17-38(34)2)18-30(44-32)25-10-8-23(21-39)9-11-25/h4-17,28,30,32,39H,3,18-22H2,1-2H3,(H2,36,37,41)/t28-,30+,32+/m0/s1. The number of aliphatic hydroxyl groups is 1. The number of carbonyl (C=O) groups excluding carboxylic acids is 2. The number of thioether (sulfide) groups is 1. The molecule has 3 aromatic carbocycles. The van der Waals surface area contributed by atoms with E-state index >= 15 is 0 Å². The Balaban J connectivity index is 1.28. The Bertz CT molecular complexity index is 1560. The molecule has 10 nitrogen and oxygen atoms in total. The highest BCUT2D eigenvalue weighted by molar-refractivity contribution is 7.99. The Kier molecular flexibility index (Phi) is 11.3. The molecule has 1 aliphatic rings. The summed E-state index contributed by atoms with van der Waals surface area (Å²) in [6.45, 7) is 2.07. The number of nitrogens with one attached hydrogen (secondary N) is 2. The fourth-order valence-electron chi connectivity index (χ4n) is 5.06. The van der Waals surface area contributed by atoms with Gasteiger partial charge in [0.1, 0.15) is 6.54 Å². The van der Waals surface area contributed by atoms with Gasteiger partial charge in [-0.25, -0.2) is 9.78 Å². The van der Waals surface area contributed by atoms with Gasteiger partial charge in [0, 0.05) is 43.7 Å². The molecule has 3 atom stereocenters. The first-order chi connectivity index (χ1) is 21.9. The van der Waals surface area contributed by atoms with Gasteiger partial charge >= 0.3 is 12.0 Å². The Morgan fingerprint density at radius 1 is 1.02 bits per heavy atom. The molecule has 0 unspecified atom stereocenters. The second-order valence-electron chi connectivity index (χ2n) is 10.6. The normalized spacial score (nSPS) is 17.9. The zero-order valence-corrected chi connectivity index (χ0v) is 26.2. The van der Waals surface area contributed by atoms with Crippen molar-refractivity contribution < 1.29 is 28.9 Å². The molecule has 1 fully saturated rings. The highest BCUT2D eigenvalue weighted by Gasteiger charge is 2.32. The molecule has 45 heavy (non-hydrogen) atoms. The van der Waals surface area contributed by atoms with Crippen molar-refractivity contribution in [2.75, 3.05) is 18.9 Å². The molecule has 0 spiro atoms. The van der Waals surface area contributed by atoms with Crippen molar-refractivity contribution in [3.8, 4) is 11.1 Å². The Morgan fingerprint density at radius 3 is 2.49 bits per heavy atom. The molecule has 2 heterocycles. The average molecular weight is 631 g/mol. The van der Waals surface area contributed by atoms with Gasteiger partial charge in [-0.3, -0.25) is 4.79 Å². The second kappa shape index (κ2) is 15.7. The summed E-state index contributed by atoms with van der Waals surface area (Å²) < 4.78 is 19.8. The lowest BCUT2D eigenvalue weighted by Gasteiger charge is -2.36. The van der Waals surface area contributed by atoms with E-state index in [0.29, 0.717) is 6.42 Å². The number of urea groups is 1. The zero-order chi connectivity index (χ0) is 31.6. The summed E-state index contributed by atoms with van der Waals surface area (Å²) in [5.41, 5.74) is 5.68. The summed E-state index contributed by atoms with van der Waals surface area (Å²) >= 11 is 1.66. The van der Waals surface area contributed by atoms with Gasteiger partial charge in [0.15, 0.2) is 11.4 Å². The van der Waals surface area contributed by atoms with E-state index in [1.807, 2.05) is 90.6 Å². The number of aryl methyl sites for hydroxylation is 1. The molecule has 1 aliphatic heterocycles. The van der Waals surface area contributed by atoms with Crippen molar-refractivity contribution in [1.82, 2.24) is 20.2 Å². The van der Waals surface area contributed by atoms with Crippen LogP contribution in [0.3, 0.4) is 0 Å². The maximum atomic E-state index is 12.2. The minimum Gasteiger partial charge on any atom is -0.465 e. The van der Waals surface area contributed by atoms with Gasteiger partial charge in [-0.15, -0.1) is 0 Å². The van der Waals surface area contributed by atoms with Crippen LogP contribution in [0.2, 0.25) is 0 Å². The maximum Gasteiger partial charge on any atom is 0.325 e. The van der Waals surface area contributed by atoms with Gasteiger partial charge in [-0.2, -0.15) is 0 Å². The fraction of sp³-hybridized carbons (Fsp3) is 0.324. The number of esters is 1. The second-order valence-corrected chi connectivity index (χ2v) is 11.6. The fourth-order valence-corrected chi connectivity index (χ4v) is 6.01. The van der Waals surface area contributed by atoms with Crippen LogP contribution >= 0.6 is 11.8 Å². The first-order valence-corrected chi connectivity index (χ1v) is 15.9. The van der Waals surface area contributed by atoms with Crippen LogP contribution in [-0.4, -0.2) is 51.7 Å². The zero-order valence-electron chi connectivity index (χ0n) is 25.3. The van der Waals surface area contributed by atoms with Gasteiger partial charge in [0.05, 0.1) is 25.4 Å². The topological polar surface area (TPSA) is 124 Å². The SMILES string of the molecule is CCOC(=O)CNC(=O)NCc1ccccc1-c1ccc([C@@H]2O[C@H](CSc3nccn3C)C[C@H](c3ccc(CO)cc3)O2)cc1. The van der Waals surface area contributed by atoms with Crippen molar-refractivity contribution >= 4 is 23.8 Å². The molecule has 1 saturated heterocycles. The Labute approximate surface area is 267 Å². The van der Waals surface area contributed by atoms with Gasteiger partial charge in [-0.1, -0.05) is 84.6 Å². The van der Waals surface area contributed by atoms with Crippen LogP contribution in [0.4, 0.5) is 4.79 Å². The van der Waals surface area contributed by atoms with E-state index in [2.05, 4.69) is 15.6 Å². The number of aliphatic hydroxyl groups excluding tert-OH is 1. The summed E-state index contributed by atoms with van der Waals surface area (Å²) in [7, 11) is 1.98. The van der Waals surface area contributed by atoms with Crippen LogP contribution in [0.5, 0.6) is 0 Å². The lowest BCUT2D eigenvalue weighted by atomic mass is 9.98. The van der Waals surface area contributed by atoms with Gasteiger partial charge < -0.3 is 34.5 Å². The van der Waals surface area contributed by atoms with E-state index in [9.17, 15) is 14.7 Å². The number of imidazole rings is 1. The number of rotatable bonds is 12. The molecule has 5 rings (SSSR count). The lowest BCUT2D eigenvalue weighted by Crippen LogP contribution is -2.38. The predicted molar refractivity (Wildman–Crippen MR) is 171 cm³/mol. The first kappa shape index (κ1) is 32.2. The van der Waals surface area contributed by atoms with E-state index in [0.717, 1.165) is 44.3 Å². The molecule has 0 aliphatic carbocycles. The molecule has 4 aromatic rings. The number of ether oxygens (including phenoxy) is 3. The third-order valence-corrected chi connectivity index (χ3v) is 8.63. The van der Waals surface area contributed by atoms with Crippen molar-refractivity contribution in [3.05, 3.63) is 107 Å². The molecule has 0 bridgehead atoms. The van der Waals surface area contributed by atoms with E-state index in [-0.39, 0.29) is 38.5 Å². The molecule has 0 saturated carbocycles. The highest BCUT2D eigenvalue weighted by Crippen LogP contribution is 2.40. The van der Waals surface area contributed by atoms with Crippen molar-refractivity contribution in [1.29, 1.82) is 0 Å². The molecule has 1 aromatic heterocycles. The Hall–Kier alpha value is -4.16. The van der Waals surface area contributed by atoms with Crippen LogP contribution in [0.15, 0.2) is 90.3 Å². The summed E-state index contributed by atoms with van der Waals surface area (Å²) in [6.07, 6.45) is 3.59. The number of hydrogen-bond donors (Lipinski definition) is 3. The minimum absolute atomic E-state index is 0.00527. The molecule has 3 N–H and O–H groups in total. The summed E-state index contributed by atoms with van der Waals surface area (Å²) in [6, 6.07) is 23.3. The number of hydrogen-bond acceptors (Lipinski definition) is 8. The molecule has 236 valence electrons. The summed E-state index contributed by atoms with van der Waals surface area (Å²) in [5, 5.41) is 15.7. The predicted octanol–water partition coefficient (Wildman–Crippen LogP) is 5.28. The number of amides is 2. The average Bonchev–Trinajstić information content (AvgIpc) is 3.50. The Morgan fingerprint density at radius 2 is 1.78 bits per heavy atom. The third kappa shape index (κ3) is 8.73. The van der Waals surface area contributed by atoms with Crippen LogP contribution in [0.25, 0.3) is 11.1 Å². The number of benzene rings is 3. The van der Waals surface area contributed by atoms with Gasteiger partial charge in [-0.05, 0) is 34.7 Å². The monoisotopic (exact) mass is 630 g/mol. The first-order valence-electron chi connectivity index (χ1n) is 14.9. The van der Waals surface area contributed by atoms with Crippen LogP contribution in [0.1, 0.15) is 48.0 Å². The van der Waals surface area contributed by atoms with Crippen molar-refractivity contribution in [3.63, 3.8) is 0 Å². The van der Waals surface area contributed by atoms with Crippen LogP contribution < -0.4 is 10.6 Å². The highest BCUT2D eigenvalue weighted by atomic mass is 32.2. The summed E-state index contributed by atoms with van der Waals surface area (Å²) in [5.74, 6) is 0.241. The van der Waals surface area contributed by atoms with E-state index in [4.69, 9.17) is 14.2 Å². The van der Waals surface area contributed by atoms with Gasteiger partial charge in [0.25, 0.3) is 0 Å². The maximum absolute atomic E-state index is 12.2. The number of nitrogens with zero attached hydrogens (tertiary/aromatic N) is 2.